The minimum Gasteiger partial charge on any atom is -0.465 e. The first kappa shape index (κ1) is 12.5. The highest BCUT2D eigenvalue weighted by Crippen LogP contribution is 2.28. The maximum Gasteiger partial charge on any atom is 0.339 e. The van der Waals surface area contributed by atoms with Crippen molar-refractivity contribution in [2.45, 2.75) is 13.8 Å². The average Bonchev–Trinajstić information content (AvgIpc) is 2.23. The molecule has 5 heteroatoms. The van der Waals surface area contributed by atoms with Crippen molar-refractivity contribution in [1.29, 1.82) is 0 Å². The predicted octanol–water partition coefficient (Wildman–Crippen LogP) is 2.39. The Labute approximate surface area is 98.5 Å². The lowest BCUT2D eigenvalue weighted by Crippen LogP contribution is -2.13. The second-order valence-electron chi connectivity index (χ2n) is 3.27. The molecule has 0 saturated carbocycles. The van der Waals surface area contributed by atoms with Crippen LogP contribution in [0.25, 0.3) is 0 Å². The van der Waals surface area contributed by atoms with Crippen LogP contribution in [0.15, 0.2) is 12.1 Å². The number of esters is 1. The fourth-order valence-corrected chi connectivity index (χ4v) is 1.46. The molecule has 0 bridgehead atoms. The van der Waals surface area contributed by atoms with Crippen molar-refractivity contribution in [3.05, 3.63) is 28.3 Å². The molecule has 1 amide bonds. The van der Waals surface area contributed by atoms with E-state index < -0.39 is 5.97 Å². The van der Waals surface area contributed by atoms with E-state index >= 15 is 0 Å². The van der Waals surface area contributed by atoms with Crippen molar-refractivity contribution in [2.24, 2.45) is 0 Å². The van der Waals surface area contributed by atoms with Gasteiger partial charge in [-0.3, -0.25) is 4.79 Å². The molecular formula is C11H12ClNO3. The molecule has 0 saturated heterocycles. The van der Waals surface area contributed by atoms with Crippen molar-refractivity contribution in [2.75, 3.05) is 12.4 Å². The van der Waals surface area contributed by atoms with E-state index in [0.717, 1.165) is 0 Å². The Morgan fingerprint density at radius 2 is 2.00 bits per heavy atom. The van der Waals surface area contributed by atoms with E-state index in [2.05, 4.69) is 10.1 Å². The maximum atomic E-state index is 11.5. The molecule has 1 N–H and O–H groups in total. The Morgan fingerprint density at radius 1 is 1.38 bits per heavy atom. The molecular weight excluding hydrogens is 230 g/mol. The maximum absolute atomic E-state index is 11.5. The molecule has 0 heterocycles. The van der Waals surface area contributed by atoms with Gasteiger partial charge in [0.2, 0.25) is 5.91 Å². The molecule has 0 aliphatic heterocycles. The highest BCUT2D eigenvalue weighted by atomic mass is 35.5. The first-order chi connectivity index (χ1) is 7.47. The van der Waals surface area contributed by atoms with Crippen LogP contribution in [0, 0.1) is 6.92 Å². The van der Waals surface area contributed by atoms with Crippen LogP contribution < -0.4 is 5.32 Å². The second-order valence-corrected chi connectivity index (χ2v) is 3.67. The van der Waals surface area contributed by atoms with E-state index in [4.69, 9.17) is 11.6 Å². The van der Waals surface area contributed by atoms with Crippen molar-refractivity contribution in [3.8, 4) is 0 Å². The summed E-state index contributed by atoms with van der Waals surface area (Å²) in [6, 6.07) is 3.11. The number of carbonyl (C=O) groups is 2. The van der Waals surface area contributed by atoms with Gasteiger partial charge >= 0.3 is 5.97 Å². The van der Waals surface area contributed by atoms with Gasteiger partial charge in [0, 0.05) is 11.9 Å². The van der Waals surface area contributed by atoms with E-state index in [-0.39, 0.29) is 5.91 Å². The third kappa shape index (κ3) is 2.52. The lowest BCUT2D eigenvalue weighted by atomic mass is 10.1. The number of hydrogen-bond donors (Lipinski definition) is 1. The number of benzene rings is 1. The van der Waals surface area contributed by atoms with E-state index in [1.165, 1.54) is 20.1 Å². The highest BCUT2D eigenvalue weighted by Gasteiger charge is 2.16. The first-order valence-corrected chi connectivity index (χ1v) is 5.00. The molecule has 0 aliphatic rings. The predicted molar refractivity (Wildman–Crippen MR) is 61.8 cm³/mol. The number of hydrogen-bond acceptors (Lipinski definition) is 3. The molecule has 0 atom stereocenters. The highest BCUT2D eigenvalue weighted by molar-refractivity contribution is 6.32. The fraction of sp³-hybridized carbons (Fsp3) is 0.273. The summed E-state index contributed by atoms with van der Waals surface area (Å²) in [5.74, 6) is -0.779. The lowest BCUT2D eigenvalue weighted by Gasteiger charge is -2.12. The van der Waals surface area contributed by atoms with Crippen LogP contribution in [0.2, 0.25) is 5.02 Å². The van der Waals surface area contributed by atoms with Gasteiger partial charge in [-0.25, -0.2) is 4.79 Å². The standard InChI is InChI=1S/C11H12ClNO3/c1-6-9(12)5-4-8(11(15)16-3)10(6)13-7(2)14/h4-5H,1-3H3,(H,13,14). The summed E-state index contributed by atoms with van der Waals surface area (Å²) >= 11 is 5.91. The Morgan fingerprint density at radius 3 is 2.50 bits per heavy atom. The van der Waals surface area contributed by atoms with Crippen molar-refractivity contribution in [3.63, 3.8) is 0 Å². The summed E-state index contributed by atoms with van der Waals surface area (Å²) in [6.07, 6.45) is 0. The summed E-state index contributed by atoms with van der Waals surface area (Å²) in [4.78, 5) is 22.5. The number of amides is 1. The summed E-state index contributed by atoms with van der Waals surface area (Å²) < 4.78 is 4.62. The minimum absolute atomic E-state index is 0.268. The first-order valence-electron chi connectivity index (χ1n) is 4.62. The Hall–Kier alpha value is -1.55. The monoisotopic (exact) mass is 241 g/mol. The van der Waals surface area contributed by atoms with Crippen LogP contribution in [0.3, 0.4) is 0 Å². The zero-order valence-electron chi connectivity index (χ0n) is 9.26. The molecule has 4 nitrogen and oxygen atoms in total. The van der Waals surface area contributed by atoms with Crippen molar-refractivity contribution < 1.29 is 14.3 Å². The molecule has 0 unspecified atom stereocenters. The molecule has 0 radical (unpaired) electrons. The summed E-state index contributed by atoms with van der Waals surface area (Å²) in [6.45, 7) is 3.08. The van der Waals surface area contributed by atoms with Gasteiger partial charge < -0.3 is 10.1 Å². The Balaban J connectivity index is 3.32. The third-order valence-electron chi connectivity index (χ3n) is 2.11. The van der Waals surface area contributed by atoms with E-state index in [1.807, 2.05) is 0 Å². The number of rotatable bonds is 2. The van der Waals surface area contributed by atoms with Crippen LogP contribution in [-0.4, -0.2) is 19.0 Å². The quantitative estimate of drug-likeness (QED) is 0.809. The van der Waals surface area contributed by atoms with Crippen LogP contribution in [0.1, 0.15) is 22.8 Å². The van der Waals surface area contributed by atoms with Crippen LogP contribution in [0.4, 0.5) is 5.69 Å². The normalized spacial score (nSPS) is 9.75. The SMILES string of the molecule is COC(=O)c1ccc(Cl)c(C)c1NC(C)=O. The molecule has 1 aromatic carbocycles. The molecule has 16 heavy (non-hydrogen) atoms. The number of carbonyl (C=O) groups excluding carboxylic acids is 2. The van der Waals surface area contributed by atoms with Gasteiger partial charge in [0.05, 0.1) is 18.4 Å². The van der Waals surface area contributed by atoms with Gasteiger partial charge in [-0.1, -0.05) is 11.6 Å². The summed E-state index contributed by atoms with van der Waals surface area (Å²) in [5, 5.41) is 3.06. The van der Waals surface area contributed by atoms with Gasteiger partial charge in [0.1, 0.15) is 0 Å². The van der Waals surface area contributed by atoms with Gasteiger partial charge in [-0.15, -0.1) is 0 Å². The van der Waals surface area contributed by atoms with Crippen molar-refractivity contribution in [1.82, 2.24) is 0 Å². The smallest absolute Gasteiger partial charge is 0.339 e. The number of halogens is 1. The number of nitrogens with one attached hydrogen (secondary N) is 1. The van der Waals surface area contributed by atoms with Gasteiger partial charge in [0.25, 0.3) is 0 Å². The topological polar surface area (TPSA) is 55.4 Å². The Bertz CT molecular complexity index is 443. The third-order valence-corrected chi connectivity index (χ3v) is 2.51. The van der Waals surface area contributed by atoms with Crippen molar-refractivity contribution >= 4 is 29.2 Å². The molecule has 0 spiro atoms. The van der Waals surface area contributed by atoms with E-state index in [1.54, 1.807) is 13.0 Å². The Kier molecular flexibility index (Phi) is 3.90. The largest absolute Gasteiger partial charge is 0.465 e. The zero-order chi connectivity index (χ0) is 12.3. The molecule has 1 rings (SSSR count). The second kappa shape index (κ2) is 4.99. The number of methoxy groups -OCH3 is 1. The zero-order valence-corrected chi connectivity index (χ0v) is 10.0. The van der Waals surface area contributed by atoms with Crippen LogP contribution >= 0.6 is 11.6 Å². The van der Waals surface area contributed by atoms with Crippen LogP contribution in [0.5, 0.6) is 0 Å². The fourth-order valence-electron chi connectivity index (χ4n) is 1.30. The number of ether oxygens (including phenoxy) is 1. The molecule has 0 aromatic heterocycles. The van der Waals surface area contributed by atoms with Gasteiger partial charge in [-0.2, -0.15) is 0 Å². The van der Waals surface area contributed by atoms with Gasteiger partial charge in [0.15, 0.2) is 0 Å². The number of anilines is 1. The molecule has 0 fully saturated rings. The van der Waals surface area contributed by atoms with Gasteiger partial charge in [-0.05, 0) is 24.6 Å². The lowest BCUT2D eigenvalue weighted by molar-refractivity contribution is -0.114. The molecule has 1 aromatic rings. The van der Waals surface area contributed by atoms with E-state index in [9.17, 15) is 9.59 Å². The molecule has 0 aliphatic carbocycles. The minimum atomic E-state index is -0.511. The summed E-state index contributed by atoms with van der Waals surface area (Å²) in [7, 11) is 1.28. The van der Waals surface area contributed by atoms with E-state index in [0.29, 0.717) is 21.8 Å². The van der Waals surface area contributed by atoms with Crippen LogP contribution in [-0.2, 0) is 9.53 Å². The average molecular weight is 242 g/mol. The summed E-state index contributed by atoms with van der Waals surface area (Å²) in [5.41, 5.74) is 1.33. The molecule has 86 valence electrons.